The van der Waals surface area contributed by atoms with Gasteiger partial charge in [-0.3, -0.25) is 9.78 Å². The average Bonchev–Trinajstić information content (AvgIpc) is 3.21. The fourth-order valence-electron chi connectivity index (χ4n) is 2.90. The number of nitrogens with one attached hydrogen (secondary N) is 1. The number of rotatable bonds is 3. The number of anilines is 1. The zero-order valence-corrected chi connectivity index (χ0v) is 14.5. The number of amides is 1. The molecule has 0 saturated heterocycles. The lowest BCUT2D eigenvalue weighted by molar-refractivity contribution is 0.102. The molecule has 5 aromatic rings. The molecule has 28 heavy (non-hydrogen) atoms. The minimum Gasteiger partial charge on any atom is -0.321 e. The molecule has 134 valence electrons. The summed E-state index contributed by atoms with van der Waals surface area (Å²) < 4.78 is 1.60. The first-order chi connectivity index (χ1) is 13.8. The van der Waals surface area contributed by atoms with E-state index in [2.05, 4.69) is 30.6 Å². The van der Waals surface area contributed by atoms with Crippen molar-refractivity contribution in [1.82, 2.24) is 29.8 Å². The van der Waals surface area contributed by atoms with E-state index in [0.717, 1.165) is 16.8 Å². The third-order valence-corrected chi connectivity index (χ3v) is 4.26. The van der Waals surface area contributed by atoms with Crippen molar-refractivity contribution in [2.75, 3.05) is 5.32 Å². The summed E-state index contributed by atoms with van der Waals surface area (Å²) in [4.78, 5) is 21.3. The number of hydrogen-bond acceptors (Lipinski definition) is 6. The van der Waals surface area contributed by atoms with Crippen LogP contribution in [0.4, 0.5) is 5.69 Å². The van der Waals surface area contributed by atoms with Crippen molar-refractivity contribution < 1.29 is 4.79 Å². The summed E-state index contributed by atoms with van der Waals surface area (Å²) in [5.74, 6) is -0.322. The van der Waals surface area contributed by atoms with Gasteiger partial charge >= 0.3 is 0 Å². The quantitative estimate of drug-likeness (QED) is 0.526. The third-order valence-electron chi connectivity index (χ3n) is 4.26. The number of fused-ring (bicyclic) bond motifs is 2. The zero-order valence-electron chi connectivity index (χ0n) is 14.5. The Morgan fingerprint density at radius 2 is 1.86 bits per heavy atom. The van der Waals surface area contributed by atoms with Crippen molar-refractivity contribution >= 4 is 28.3 Å². The molecule has 5 rings (SSSR count). The number of para-hydroxylation sites is 2. The van der Waals surface area contributed by atoms with E-state index >= 15 is 0 Å². The predicted octanol–water partition coefficient (Wildman–Crippen LogP) is 2.99. The molecule has 0 aliphatic rings. The molecule has 8 nitrogen and oxygen atoms in total. The van der Waals surface area contributed by atoms with Crippen molar-refractivity contribution in [3.05, 3.63) is 78.9 Å². The van der Waals surface area contributed by atoms with Crippen LogP contribution in [-0.2, 0) is 0 Å². The highest BCUT2D eigenvalue weighted by Gasteiger charge is 2.11. The Morgan fingerprint density at radius 3 is 2.79 bits per heavy atom. The molecule has 0 spiro atoms. The van der Waals surface area contributed by atoms with Crippen molar-refractivity contribution in [3.63, 3.8) is 0 Å². The Labute approximate surface area is 158 Å². The molecule has 2 aromatic carbocycles. The minimum atomic E-state index is -0.322. The molecule has 0 unspecified atom stereocenters. The number of nitrogens with zero attached hydrogens (tertiary/aromatic N) is 6. The van der Waals surface area contributed by atoms with Crippen molar-refractivity contribution in [2.24, 2.45) is 0 Å². The largest absolute Gasteiger partial charge is 0.321 e. The first-order valence-corrected chi connectivity index (χ1v) is 8.57. The average molecular weight is 367 g/mol. The van der Waals surface area contributed by atoms with E-state index in [1.807, 2.05) is 60.7 Å². The van der Waals surface area contributed by atoms with Crippen LogP contribution in [0.15, 0.2) is 73.2 Å². The second-order valence-electron chi connectivity index (χ2n) is 6.13. The lowest BCUT2D eigenvalue weighted by atomic mass is 10.1. The van der Waals surface area contributed by atoms with Crippen molar-refractivity contribution in [2.45, 2.75) is 0 Å². The smallest absolute Gasteiger partial charge is 0.275 e. The van der Waals surface area contributed by atoms with Crippen LogP contribution in [0.1, 0.15) is 10.5 Å². The van der Waals surface area contributed by atoms with E-state index < -0.39 is 0 Å². The number of carbonyl (C=O) groups is 1. The van der Waals surface area contributed by atoms with E-state index in [9.17, 15) is 4.79 Å². The molecular formula is C20H13N7O. The van der Waals surface area contributed by atoms with Gasteiger partial charge < -0.3 is 5.32 Å². The van der Waals surface area contributed by atoms with Crippen LogP contribution in [0.5, 0.6) is 0 Å². The molecule has 0 aliphatic carbocycles. The first kappa shape index (κ1) is 16.0. The lowest BCUT2D eigenvalue weighted by Crippen LogP contribution is -2.14. The molecule has 0 radical (unpaired) electrons. The summed E-state index contributed by atoms with van der Waals surface area (Å²) in [6.45, 7) is 0. The van der Waals surface area contributed by atoms with Crippen LogP contribution >= 0.6 is 0 Å². The van der Waals surface area contributed by atoms with Gasteiger partial charge in [0.2, 0.25) is 0 Å². The number of aromatic nitrogens is 6. The van der Waals surface area contributed by atoms with Gasteiger partial charge in [-0.05, 0) is 36.4 Å². The van der Waals surface area contributed by atoms with Gasteiger partial charge in [0.25, 0.3) is 5.91 Å². The van der Waals surface area contributed by atoms with Crippen molar-refractivity contribution in [1.29, 1.82) is 0 Å². The van der Waals surface area contributed by atoms with Gasteiger partial charge in [0, 0.05) is 11.3 Å². The Kier molecular flexibility index (Phi) is 3.72. The maximum Gasteiger partial charge on any atom is 0.275 e. The van der Waals surface area contributed by atoms with Gasteiger partial charge in [0.15, 0.2) is 5.65 Å². The maximum absolute atomic E-state index is 12.6. The molecule has 1 amide bonds. The molecule has 0 fully saturated rings. The fourth-order valence-corrected chi connectivity index (χ4v) is 2.90. The molecule has 1 N–H and O–H groups in total. The summed E-state index contributed by atoms with van der Waals surface area (Å²) in [5.41, 5.74) is 4.60. The monoisotopic (exact) mass is 367 g/mol. The van der Waals surface area contributed by atoms with Crippen LogP contribution in [0.2, 0.25) is 0 Å². The maximum atomic E-state index is 12.6. The van der Waals surface area contributed by atoms with Gasteiger partial charge in [-0.15, -0.1) is 10.2 Å². The molecule has 0 saturated carbocycles. The molecular weight excluding hydrogens is 354 g/mol. The van der Waals surface area contributed by atoms with E-state index in [-0.39, 0.29) is 11.6 Å². The van der Waals surface area contributed by atoms with Gasteiger partial charge in [0.1, 0.15) is 12.0 Å². The van der Waals surface area contributed by atoms with E-state index in [1.54, 1.807) is 10.8 Å². The van der Waals surface area contributed by atoms with E-state index in [1.165, 1.54) is 6.20 Å². The van der Waals surface area contributed by atoms with Crippen LogP contribution in [0.25, 0.3) is 27.9 Å². The molecule has 3 heterocycles. The highest BCUT2D eigenvalue weighted by molar-refractivity contribution is 6.03. The number of carbonyl (C=O) groups excluding carboxylic acids is 1. The van der Waals surface area contributed by atoms with Gasteiger partial charge in [0.05, 0.1) is 22.9 Å². The highest BCUT2D eigenvalue weighted by atomic mass is 16.1. The lowest BCUT2D eigenvalue weighted by Gasteiger charge is -2.07. The third kappa shape index (κ3) is 2.92. The predicted molar refractivity (Wildman–Crippen MR) is 104 cm³/mol. The number of benzene rings is 2. The Bertz CT molecular complexity index is 1330. The molecule has 8 heteroatoms. The standard InChI is InChI=1S/C20H13N7O/c28-20(18-11-21-16-6-1-2-7-17(16)24-18)23-14-5-3-4-13(10-14)15-8-9-19-25-22-12-27(19)26-15/h1-12H,(H,23,28). The first-order valence-electron chi connectivity index (χ1n) is 8.57. The molecule has 0 atom stereocenters. The van der Waals surface area contributed by atoms with Crippen LogP contribution in [0, 0.1) is 0 Å². The van der Waals surface area contributed by atoms with E-state index in [0.29, 0.717) is 16.9 Å². The SMILES string of the molecule is O=C(Nc1cccc(-c2ccc3nncn3n2)c1)c1cnc2ccccc2n1. The topological polar surface area (TPSA) is 98.0 Å². The normalized spacial score (nSPS) is 11.0. The van der Waals surface area contributed by atoms with Crippen LogP contribution in [0.3, 0.4) is 0 Å². The summed E-state index contributed by atoms with van der Waals surface area (Å²) in [5, 5.41) is 15.1. The Morgan fingerprint density at radius 1 is 0.964 bits per heavy atom. The summed E-state index contributed by atoms with van der Waals surface area (Å²) in [6, 6.07) is 18.6. The van der Waals surface area contributed by atoms with Crippen LogP contribution in [-0.4, -0.2) is 35.7 Å². The second kappa shape index (κ2) is 6.51. The second-order valence-corrected chi connectivity index (χ2v) is 6.13. The Balaban J connectivity index is 1.43. The minimum absolute atomic E-state index is 0.258. The highest BCUT2D eigenvalue weighted by Crippen LogP contribution is 2.21. The Hall–Kier alpha value is -4.20. The van der Waals surface area contributed by atoms with Crippen molar-refractivity contribution in [3.8, 4) is 11.3 Å². The molecule has 3 aromatic heterocycles. The van der Waals surface area contributed by atoms with Gasteiger partial charge in [-0.2, -0.15) is 9.61 Å². The molecule has 0 bridgehead atoms. The molecule has 0 aliphatic heterocycles. The van der Waals surface area contributed by atoms with Gasteiger partial charge in [-0.1, -0.05) is 24.3 Å². The van der Waals surface area contributed by atoms with Crippen LogP contribution < -0.4 is 5.32 Å². The van der Waals surface area contributed by atoms with Gasteiger partial charge in [-0.25, -0.2) is 4.98 Å². The summed E-state index contributed by atoms with van der Waals surface area (Å²) >= 11 is 0. The summed E-state index contributed by atoms with van der Waals surface area (Å²) in [6.07, 6.45) is 3.02. The fraction of sp³-hybridized carbons (Fsp3) is 0. The van der Waals surface area contributed by atoms with E-state index in [4.69, 9.17) is 0 Å². The number of hydrogen-bond donors (Lipinski definition) is 1. The zero-order chi connectivity index (χ0) is 18.9. The summed E-state index contributed by atoms with van der Waals surface area (Å²) in [7, 11) is 0.